The molecule has 7 nitrogen and oxygen atoms in total. The summed E-state index contributed by atoms with van der Waals surface area (Å²) in [5, 5.41) is 16.6. The summed E-state index contributed by atoms with van der Waals surface area (Å²) in [5.41, 5.74) is 1.80. The lowest BCUT2D eigenvalue weighted by Crippen LogP contribution is -2.14. The summed E-state index contributed by atoms with van der Waals surface area (Å²) in [6.45, 7) is 7.51. The fourth-order valence-electron chi connectivity index (χ4n) is 1.54. The topological polar surface area (TPSA) is 102 Å². The first-order valence-electron chi connectivity index (χ1n) is 5.84. The zero-order valence-corrected chi connectivity index (χ0v) is 10.8. The third-order valence-corrected chi connectivity index (χ3v) is 2.56. The summed E-state index contributed by atoms with van der Waals surface area (Å²) in [4.78, 5) is 13.4. The number of aromatic nitrogens is 5. The molecular weight excluding hydrogens is 232 g/mol. The Labute approximate surface area is 104 Å². The van der Waals surface area contributed by atoms with Gasteiger partial charge in [0, 0.05) is 17.7 Å². The van der Waals surface area contributed by atoms with Crippen LogP contribution in [0.15, 0.2) is 10.9 Å². The number of aromatic amines is 3. The van der Waals surface area contributed by atoms with E-state index < -0.39 is 0 Å². The van der Waals surface area contributed by atoms with Crippen LogP contribution in [0.4, 0.5) is 0 Å². The number of rotatable bonds is 4. The largest absolute Gasteiger partial charge is 0.340 e. The Kier molecular flexibility index (Phi) is 3.33. The molecule has 0 aromatic carbocycles. The van der Waals surface area contributed by atoms with Crippen LogP contribution in [0.1, 0.15) is 38.0 Å². The monoisotopic (exact) mass is 250 g/mol. The van der Waals surface area contributed by atoms with E-state index in [0.29, 0.717) is 18.9 Å². The zero-order chi connectivity index (χ0) is 13.2. The average molecular weight is 250 g/mol. The van der Waals surface area contributed by atoms with E-state index in [1.165, 1.54) is 0 Å². The minimum atomic E-state index is -0.289. The first-order chi connectivity index (χ1) is 8.45. The number of hydrogen-bond acceptors (Lipinski definition) is 4. The van der Waals surface area contributed by atoms with Gasteiger partial charge in [0.1, 0.15) is 5.82 Å². The summed E-state index contributed by atoms with van der Waals surface area (Å²) < 4.78 is 0. The Hall–Kier alpha value is -1.89. The van der Waals surface area contributed by atoms with Crippen molar-refractivity contribution in [2.45, 2.75) is 39.3 Å². The van der Waals surface area contributed by atoms with Gasteiger partial charge in [-0.2, -0.15) is 10.2 Å². The van der Waals surface area contributed by atoms with E-state index in [1.807, 2.05) is 6.07 Å². The smallest absolute Gasteiger partial charge is 0.304 e. The highest BCUT2D eigenvalue weighted by molar-refractivity contribution is 5.16. The molecule has 0 atom stereocenters. The van der Waals surface area contributed by atoms with Gasteiger partial charge in [-0.15, -0.1) is 0 Å². The molecule has 0 unspecified atom stereocenters. The van der Waals surface area contributed by atoms with Crippen LogP contribution < -0.4 is 11.0 Å². The van der Waals surface area contributed by atoms with Gasteiger partial charge in [0.15, 0.2) is 0 Å². The lowest BCUT2D eigenvalue weighted by Gasteiger charge is -2.13. The van der Waals surface area contributed by atoms with Crippen molar-refractivity contribution in [2.75, 3.05) is 0 Å². The maximum Gasteiger partial charge on any atom is 0.340 e. The van der Waals surface area contributed by atoms with E-state index >= 15 is 0 Å². The van der Waals surface area contributed by atoms with Gasteiger partial charge in [-0.1, -0.05) is 20.8 Å². The second-order valence-electron chi connectivity index (χ2n) is 5.26. The standard InChI is InChI=1S/C11H18N6O/c1-11(2,3)8-4-7(14-15-8)5-12-6-9-13-10(18)17-16-9/h4,12H,5-6H2,1-3H3,(H,14,15)(H2,13,16,17,18). The molecule has 0 amide bonds. The third kappa shape index (κ3) is 3.07. The van der Waals surface area contributed by atoms with E-state index in [-0.39, 0.29) is 11.1 Å². The molecule has 0 saturated heterocycles. The maximum absolute atomic E-state index is 10.8. The second-order valence-corrected chi connectivity index (χ2v) is 5.26. The third-order valence-electron chi connectivity index (χ3n) is 2.56. The quantitative estimate of drug-likeness (QED) is 0.631. The van der Waals surface area contributed by atoms with E-state index in [2.05, 4.69) is 51.5 Å². The number of H-pyrrole nitrogens is 3. The van der Waals surface area contributed by atoms with Gasteiger partial charge in [0.25, 0.3) is 0 Å². The van der Waals surface area contributed by atoms with Crippen LogP contribution in [-0.4, -0.2) is 25.4 Å². The fourth-order valence-corrected chi connectivity index (χ4v) is 1.54. The number of nitrogens with one attached hydrogen (secondary N) is 4. The van der Waals surface area contributed by atoms with Gasteiger partial charge in [0.05, 0.1) is 12.2 Å². The van der Waals surface area contributed by atoms with Crippen LogP contribution in [0, 0.1) is 0 Å². The molecule has 0 aliphatic heterocycles. The fraction of sp³-hybridized carbons (Fsp3) is 0.545. The minimum absolute atomic E-state index is 0.0438. The van der Waals surface area contributed by atoms with Gasteiger partial charge >= 0.3 is 5.69 Å². The second kappa shape index (κ2) is 4.77. The Morgan fingerprint density at radius 3 is 2.56 bits per heavy atom. The van der Waals surface area contributed by atoms with Crippen molar-refractivity contribution in [3.63, 3.8) is 0 Å². The summed E-state index contributed by atoms with van der Waals surface area (Å²) >= 11 is 0. The highest BCUT2D eigenvalue weighted by atomic mass is 16.1. The van der Waals surface area contributed by atoms with E-state index in [0.717, 1.165) is 11.4 Å². The molecule has 2 aromatic rings. The Bertz CT molecular complexity index is 558. The van der Waals surface area contributed by atoms with Crippen molar-refractivity contribution in [3.8, 4) is 0 Å². The molecule has 7 heteroatoms. The van der Waals surface area contributed by atoms with Crippen LogP contribution in [0.3, 0.4) is 0 Å². The van der Waals surface area contributed by atoms with E-state index in [1.54, 1.807) is 0 Å². The summed E-state index contributed by atoms with van der Waals surface area (Å²) in [5.74, 6) is 0.593. The van der Waals surface area contributed by atoms with Crippen LogP contribution in [0.5, 0.6) is 0 Å². The number of hydrogen-bond donors (Lipinski definition) is 4. The predicted octanol–water partition coefficient (Wildman–Crippen LogP) is 0.408. The molecule has 4 N–H and O–H groups in total. The highest BCUT2D eigenvalue weighted by Crippen LogP contribution is 2.20. The zero-order valence-electron chi connectivity index (χ0n) is 10.8. The molecule has 2 aromatic heterocycles. The van der Waals surface area contributed by atoms with Crippen LogP contribution in [0.2, 0.25) is 0 Å². The minimum Gasteiger partial charge on any atom is -0.304 e. The van der Waals surface area contributed by atoms with Gasteiger partial charge in [0.2, 0.25) is 0 Å². The van der Waals surface area contributed by atoms with Crippen LogP contribution >= 0.6 is 0 Å². The molecule has 0 aliphatic rings. The first-order valence-corrected chi connectivity index (χ1v) is 5.84. The molecule has 2 rings (SSSR count). The van der Waals surface area contributed by atoms with Crippen molar-refractivity contribution in [2.24, 2.45) is 0 Å². The lowest BCUT2D eigenvalue weighted by atomic mass is 9.92. The molecule has 0 radical (unpaired) electrons. The molecule has 0 fully saturated rings. The summed E-state index contributed by atoms with van der Waals surface area (Å²) in [7, 11) is 0. The predicted molar refractivity (Wildman–Crippen MR) is 67.0 cm³/mol. The molecule has 18 heavy (non-hydrogen) atoms. The van der Waals surface area contributed by atoms with Crippen LogP contribution in [-0.2, 0) is 18.5 Å². The van der Waals surface area contributed by atoms with Crippen molar-refractivity contribution in [1.29, 1.82) is 0 Å². The van der Waals surface area contributed by atoms with Gasteiger partial charge in [-0.25, -0.2) is 9.89 Å². The Morgan fingerprint density at radius 2 is 2.00 bits per heavy atom. The molecule has 0 aliphatic carbocycles. The molecule has 0 spiro atoms. The highest BCUT2D eigenvalue weighted by Gasteiger charge is 2.16. The van der Waals surface area contributed by atoms with Gasteiger partial charge in [-0.05, 0) is 6.07 Å². The molecular formula is C11H18N6O. The Morgan fingerprint density at radius 1 is 1.22 bits per heavy atom. The van der Waals surface area contributed by atoms with Crippen molar-refractivity contribution in [3.05, 3.63) is 33.8 Å². The maximum atomic E-state index is 10.8. The van der Waals surface area contributed by atoms with Crippen LogP contribution in [0.25, 0.3) is 0 Å². The molecule has 0 bridgehead atoms. The normalized spacial score (nSPS) is 11.9. The lowest BCUT2D eigenvalue weighted by molar-refractivity contribution is 0.567. The Balaban J connectivity index is 1.87. The van der Waals surface area contributed by atoms with Crippen molar-refractivity contribution < 1.29 is 0 Å². The van der Waals surface area contributed by atoms with Crippen molar-refractivity contribution >= 4 is 0 Å². The van der Waals surface area contributed by atoms with E-state index in [4.69, 9.17) is 0 Å². The molecule has 0 saturated carbocycles. The summed E-state index contributed by atoms with van der Waals surface area (Å²) in [6.07, 6.45) is 0. The molecule has 2 heterocycles. The average Bonchev–Trinajstić information content (AvgIpc) is 2.87. The summed E-state index contributed by atoms with van der Waals surface area (Å²) in [6, 6.07) is 2.04. The van der Waals surface area contributed by atoms with E-state index in [9.17, 15) is 4.79 Å². The first kappa shape index (κ1) is 12.6. The molecule has 98 valence electrons. The van der Waals surface area contributed by atoms with Gasteiger partial charge < -0.3 is 5.32 Å². The van der Waals surface area contributed by atoms with Gasteiger partial charge in [-0.3, -0.25) is 10.1 Å². The number of nitrogens with zero attached hydrogens (tertiary/aromatic N) is 2. The SMILES string of the molecule is CC(C)(C)c1cc(CNCc2n[nH]c(=O)[nH]2)[nH]n1. The van der Waals surface area contributed by atoms with Crippen molar-refractivity contribution in [1.82, 2.24) is 30.7 Å².